The highest BCUT2D eigenvalue weighted by Crippen LogP contribution is 2.28. The van der Waals surface area contributed by atoms with Crippen LogP contribution >= 0.6 is 23.1 Å². The summed E-state index contributed by atoms with van der Waals surface area (Å²) >= 11 is 3.77. The third-order valence-electron chi connectivity index (χ3n) is 3.11. The van der Waals surface area contributed by atoms with Crippen LogP contribution in [0.1, 0.15) is 29.8 Å². The second-order valence-corrected chi connectivity index (χ2v) is 6.19. The van der Waals surface area contributed by atoms with E-state index in [0.717, 1.165) is 17.8 Å². The van der Waals surface area contributed by atoms with Crippen LogP contribution in [0.2, 0.25) is 0 Å². The summed E-state index contributed by atoms with van der Waals surface area (Å²) in [5.41, 5.74) is 3.12. The van der Waals surface area contributed by atoms with Crippen LogP contribution in [0.3, 0.4) is 0 Å². The molecular formula is C11H18N2S2. The normalized spacial score (nSPS) is 26.0. The maximum Gasteiger partial charge on any atom is 0.0798 e. The van der Waals surface area contributed by atoms with Gasteiger partial charge in [-0.15, -0.1) is 11.3 Å². The molecule has 0 amide bonds. The van der Waals surface area contributed by atoms with Crippen LogP contribution in [0, 0.1) is 6.92 Å². The van der Waals surface area contributed by atoms with E-state index < -0.39 is 0 Å². The second kappa shape index (κ2) is 5.32. The SMILES string of the molecule is CSC1CCC(NCc2scnc2C)C1. The standard InChI is InChI=1S/C11H18N2S2/c1-8-11(15-7-13-8)6-12-9-3-4-10(5-9)14-2/h7,9-10,12H,3-6H2,1-2H3. The number of rotatable bonds is 4. The number of thiazole rings is 1. The van der Waals surface area contributed by atoms with E-state index in [-0.39, 0.29) is 0 Å². The number of nitrogens with one attached hydrogen (secondary N) is 1. The summed E-state index contributed by atoms with van der Waals surface area (Å²) in [7, 11) is 0. The van der Waals surface area contributed by atoms with Crippen molar-refractivity contribution >= 4 is 23.1 Å². The highest BCUT2D eigenvalue weighted by Gasteiger charge is 2.23. The van der Waals surface area contributed by atoms with Gasteiger partial charge in [0.05, 0.1) is 11.2 Å². The van der Waals surface area contributed by atoms with Crippen LogP contribution in [0.5, 0.6) is 0 Å². The highest BCUT2D eigenvalue weighted by molar-refractivity contribution is 7.99. The fraction of sp³-hybridized carbons (Fsp3) is 0.727. The lowest BCUT2D eigenvalue weighted by Crippen LogP contribution is -2.26. The Kier molecular flexibility index (Phi) is 4.05. The van der Waals surface area contributed by atoms with Crippen molar-refractivity contribution in [1.82, 2.24) is 10.3 Å². The van der Waals surface area contributed by atoms with E-state index in [1.165, 1.54) is 29.8 Å². The summed E-state index contributed by atoms with van der Waals surface area (Å²) < 4.78 is 0. The van der Waals surface area contributed by atoms with Crippen molar-refractivity contribution in [3.63, 3.8) is 0 Å². The van der Waals surface area contributed by atoms with Gasteiger partial charge in [0.15, 0.2) is 0 Å². The van der Waals surface area contributed by atoms with Crippen molar-refractivity contribution in [3.8, 4) is 0 Å². The number of thioether (sulfide) groups is 1. The molecule has 0 spiro atoms. The molecule has 0 aromatic carbocycles. The molecule has 4 heteroatoms. The molecule has 0 bridgehead atoms. The molecule has 1 saturated carbocycles. The first-order valence-electron chi connectivity index (χ1n) is 5.44. The third kappa shape index (κ3) is 2.95. The Morgan fingerprint density at radius 3 is 3.07 bits per heavy atom. The molecule has 15 heavy (non-hydrogen) atoms. The van der Waals surface area contributed by atoms with Crippen molar-refractivity contribution < 1.29 is 0 Å². The number of hydrogen-bond acceptors (Lipinski definition) is 4. The van der Waals surface area contributed by atoms with Gasteiger partial charge in [0.2, 0.25) is 0 Å². The van der Waals surface area contributed by atoms with Crippen LogP contribution in [-0.4, -0.2) is 22.5 Å². The zero-order chi connectivity index (χ0) is 10.7. The molecule has 0 aliphatic heterocycles. The molecule has 0 radical (unpaired) electrons. The van der Waals surface area contributed by atoms with Gasteiger partial charge >= 0.3 is 0 Å². The van der Waals surface area contributed by atoms with E-state index in [9.17, 15) is 0 Å². The fourth-order valence-corrected chi connectivity index (χ4v) is 3.60. The van der Waals surface area contributed by atoms with Gasteiger partial charge in [0.25, 0.3) is 0 Å². The van der Waals surface area contributed by atoms with Gasteiger partial charge in [-0.3, -0.25) is 0 Å². The molecule has 1 aliphatic rings. The molecule has 1 heterocycles. The fourth-order valence-electron chi connectivity index (χ4n) is 2.07. The minimum atomic E-state index is 0.726. The molecule has 2 rings (SSSR count). The van der Waals surface area contributed by atoms with Gasteiger partial charge in [-0.25, -0.2) is 4.98 Å². The monoisotopic (exact) mass is 242 g/mol. The van der Waals surface area contributed by atoms with Crippen molar-refractivity contribution in [1.29, 1.82) is 0 Å². The van der Waals surface area contributed by atoms with Crippen molar-refractivity contribution in [3.05, 3.63) is 16.1 Å². The predicted molar refractivity (Wildman–Crippen MR) is 68.6 cm³/mol. The molecule has 2 atom stereocenters. The van der Waals surface area contributed by atoms with Crippen LogP contribution in [0.4, 0.5) is 0 Å². The van der Waals surface area contributed by atoms with E-state index in [1.54, 1.807) is 11.3 Å². The first-order valence-corrected chi connectivity index (χ1v) is 7.61. The number of nitrogens with zero attached hydrogens (tertiary/aromatic N) is 1. The lowest BCUT2D eigenvalue weighted by Gasteiger charge is -2.11. The minimum absolute atomic E-state index is 0.726. The molecule has 1 fully saturated rings. The molecule has 1 aromatic heterocycles. The average molecular weight is 242 g/mol. The van der Waals surface area contributed by atoms with Gasteiger partial charge in [-0.05, 0) is 32.4 Å². The van der Waals surface area contributed by atoms with E-state index in [1.807, 2.05) is 17.3 Å². The first-order chi connectivity index (χ1) is 7.29. The van der Waals surface area contributed by atoms with Gasteiger partial charge in [-0.1, -0.05) is 0 Å². The smallest absolute Gasteiger partial charge is 0.0798 e. The first kappa shape index (κ1) is 11.4. The lowest BCUT2D eigenvalue weighted by molar-refractivity contribution is 0.527. The Balaban J connectivity index is 1.77. The van der Waals surface area contributed by atoms with Gasteiger partial charge in [-0.2, -0.15) is 11.8 Å². The highest BCUT2D eigenvalue weighted by atomic mass is 32.2. The summed E-state index contributed by atoms with van der Waals surface area (Å²) in [6, 6.07) is 0.726. The van der Waals surface area contributed by atoms with Crippen LogP contribution in [-0.2, 0) is 6.54 Å². The molecule has 1 N–H and O–H groups in total. The molecule has 84 valence electrons. The average Bonchev–Trinajstić information content (AvgIpc) is 2.84. The number of hydrogen-bond donors (Lipinski definition) is 1. The minimum Gasteiger partial charge on any atom is -0.309 e. The van der Waals surface area contributed by atoms with E-state index in [2.05, 4.69) is 23.5 Å². The molecule has 1 aliphatic carbocycles. The van der Waals surface area contributed by atoms with E-state index >= 15 is 0 Å². The zero-order valence-electron chi connectivity index (χ0n) is 9.32. The molecule has 0 saturated heterocycles. The molecule has 1 aromatic rings. The third-order valence-corrected chi connectivity index (χ3v) is 5.14. The largest absolute Gasteiger partial charge is 0.309 e. The van der Waals surface area contributed by atoms with Crippen LogP contribution in [0.25, 0.3) is 0 Å². The summed E-state index contributed by atoms with van der Waals surface area (Å²) in [5, 5.41) is 4.53. The van der Waals surface area contributed by atoms with Gasteiger partial charge in [0.1, 0.15) is 0 Å². The van der Waals surface area contributed by atoms with E-state index in [4.69, 9.17) is 0 Å². The van der Waals surface area contributed by atoms with Crippen LogP contribution in [0.15, 0.2) is 5.51 Å². The summed E-state index contributed by atoms with van der Waals surface area (Å²) in [6.07, 6.45) is 6.27. The maximum absolute atomic E-state index is 4.27. The quantitative estimate of drug-likeness (QED) is 0.879. The Labute approximate surface area is 99.9 Å². The molecular weight excluding hydrogens is 224 g/mol. The topological polar surface area (TPSA) is 24.9 Å². The summed E-state index contributed by atoms with van der Waals surface area (Å²) in [4.78, 5) is 5.66. The Morgan fingerprint density at radius 2 is 2.47 bits per heavy atom. The molecule has 2 unspecified atom stereocenters. The number of aryl methyl sites for hydroxylation is 1. The Hall–Kier alpha value is -0.0600. The zero-order valence-corrected chi connectivity index (χ0v) is 11.0. The van der Waals surface area contributed by atoms with Crippen LogP contribution < -0.4 is 5.32 Å². The second-order valence-electron chi connectivity index (χ2n) is 4.11. The van der Waals surface area contributed by atoms with Crippen molar-refractivity contribution in [2.45, 2.75) is 44.0 Å². The maximum atomic E-state index is 4.27. The Bertz CT molecular complexity index is 311. The summed E-state index contributed by atoms with van der Waals surface area (Å²) in [5.74, 6) is 0. The predicted octanol–water partition coefficient (Wildman–Crippen LogP) is 2.83. The van der Waals surface area contributed by atoms with Crippen molar-refractivity contribution in [2.24, 2.45) is 0 Å². The van der Waals surface area contributed by atoms with Crippen molar-refractivity contribution in [2.75, 3.05) is 6.26 Å². The number of aromatic nitrogens is 1. The van der Waals surface area contributed by atoms with E-state index in [0.29, 0.717) is 0 Å². The van der Waals surface area contributed by atoms with Gasteiger partial charge in [0, 0.05) is 22.7 Å². The molecule has 2 nitrogen and oxygen atoms in total. The lowest BCUT2D eigenvalue weighted by atomic mass is 10.2. The van der Waals surface area contributed by atoms with Gasteiger partial charge < -0.3 is 5.32 Å². The Morgan fingerprint density at radius 1 is 1.60 bits per heavy atom. The summed E-state index contributed by atoms with van der Waals surface area (Å²) in [6.45, 7) is 3.09.